The SMILES string of the molecule is COc1ccc(-c2c(-c3ccccc3)oc3ncnc(N)c23)cc1. The molecule has 0 spiro atoms. The maximum Gasteiger partial charge on any atom is 0.232 e. The Morgan fingerprint density at radius 2 is 1.67 bits per heavy atom. The molecule has 0 amide bonds. The van der Waals surface area contributed by atoms with Crippen molar-refractivity contribution in [3.63, 3.8) is 0 Å². The van der Waals surface area contributed by atoms with Gasteiger partial charge in [0.1, 0.15) is 23.7 Å². The molecule has 0 saturated carbocycles. The number of benzene rings is 2. The molecule has 0 aliphatic heterocycles. The third kappa shape index (κ3) is 2.27. The zero-order valence-electron chi connectivity index (χ0n) is 13.1. The van der Waals surface area contributed by atoms with Gasteiger partial charge < -0.3 is 14.9 Å². The van der Waals surface area contributed by atoms with E-state index in [1.54, 1.807) is 7.11 Å². The lowest BCUT2D eigenvalue weighted by Gasteiger charge is -2.06. The van der Waals surface area contributed by atoms with Gasteiger partial charge in [-0.15, -0.1) is 0 Å². The molecule has 0 unspecified atom stereocenters. The Balaban J connectivity index is 2.03. The number of nitrogens with two attached hydrogens (primary N) is 1. The Morgan fingerprint density at radius 1 is 0.917 bits per heavy atom. The predicted octanol–water partition coefficient (Wildman–Crippen LogP) is 4.15. The molecule has 0 saturated heterocycles. The van der Waals surface area contributed by atoms with Crippen LogP contribution in [-0.2, 0) is 0 Å². The highest BCUT2D eigenvalue weighted by atomic mass is 16.5. The highest BCUT2D eigenvalue weighted by molar-refractivity contribution is 6.05. The zero-order chi connectivity index (χ0) is 16.5. The first kappa shape index (κ1) is 14.3. The van der Waals surface area contributed by atoms with Crippen LogP contribution in [0.15, 0.2) is 65.3 Å². The fourth-order valence-electron chi connectivity index (χ4n) is 2.78. The monoisotopic (exact) mass is 317 g/mol. The molecule has 5 nitrogen and oxygen atoms in total. The van der Waals surface area contributed by atoms with Crippen molar-refractivity contribution in [2.24, 2.45) is 0 Å². The van der Waals surface area contributed by atoms with Crippen LogP contribution in [0.4, 0.5) is 5.82 Å². The van der Waals surface area contributed by atoms with Gasteiger partial charge in [-0.25, -0.2) is 9.97 Å². The van der Waals surface area contributed by atoms with Crippen LogP contribution in [0.2, 0.25) is 0 Å². The lowest BCUT2D eigenvalue weighted by atomic mass is 9.99. The van der Waals surface area contributed by atoms with E-state index < -0.39 is 0 Å². The Labute approximate surface area is 138 Å². The number of anilines is 1. The molecule has 24 heavy (non-hydrogen) atoms. The number of hydrogen-bond donors (Lipinski definition) is 1. The zero-order valence-corrected chi connectivity index (χ0v) is 13.1. The second kappa shape index (κ2) is 5.70. The minimum absolute atomic E-state index is 0.400. The van der Waals surface area contributed by atoms with Gasteiger partial charge in [-0.1, -0.05) is 42.5 Å². The molecule has 0 atom stereocenters. The molecule has 2 aromatic heterocycles. The lowest BCUT2D eigenvalue weighted by Crippen LogP contribution is -1.92. The van der Waals surface area contributed by atoms with E-state index in [4.69, 9.17) is 14.9 Å². The highest BCUT2D eigenvalue weighted by Crippen LogP contribution is 2.42. The summed E-state index contributed by atoms with van der Waals surface area (Å²) in [5.74, 6) is 1.91. The molecule has 4 rings (SSSR count). The van der Waals surface area contributed by atoms with Crippen molar-refractivity contribution >= 4 is 16.9 Å². The third-order valence-corrected chi connectivity index (χ3v) is 3.93. The first-order valence-corrected chi connectivity index (χ1v) is 7.50. The number of nitrogens with zero attached hydrogens (tertiary/aromatic N) is 2. The van der Waals surface area contributed by atoms with E-state index in [1.165, 1.54) is 6.33 Å². The van der Waals surface area contributed by atoms with Gasteiger partial charge >= 0.3 is 0 Å². The highest BCUT2D eigenvalue weighted by Gasteiger charge is 2.20. The summed E-state index contributed by atoms with van der Waals surface area (Å²) in [6.45, 7) is 0. The molecule has 0 aliphatic rings. The minimum atomic E-state index is 0.400. The Bertz CT molecular complexity index is 992. The van der Waals surface area contributed by atoms with Crippen molar-refractivity contribution in [1.82, 2.24) is 9.97 Å². The van der Waals surface area contributed by atoms with Crippen molar-refractivity contribution in [3.8, 4) is 28.2 Å². The molecule has 4 aromatic rings. The topological polar surface area (TPSA) is 74.2 Å². The molecule has 0 fully saturated rings. The molecule has 118 valence electrons. The van der Waals surface area contributed by atoms with E-state index in [9.17, 15) is 0 Å². The number of ether oxygens (including phenoxy) is 1. The fourth-order valence-corrected chi connectivity index (χ4v) is 2.78. The van der Waals surface area contributed by atoms with Crippen LogP contribution in [-0.4, -0.2) is 17.1 Å². The summed E-state index contributed by atoms with van der Waals surface area (Å²) in [5, 5.41) is 0.724. The van der Waals surface area contributed by atoms with Gasteiger partial charge in [0.25, 0.3) is 0 Å². The third-order valence-electron chi connectivity index (χ3n) is 3.93. The first-order chi connectivity index (χ1) is 11.8. The quantitative estimate of drug-likeness (QED) is 0.614. The normalized spacial score (nSPS) is 10.9. The smallest absolute Gasteiger partial charge is 0.232 e. The average Bonchev–Trinajstić information content (AvgIpc) is 3.03. The standard InChI is InChI=1S/C19H15N3O2/c1-23-14-9-7-12(8-10-14)15-16-18(20)21-11-22-19(16)24-17(15)13-5-3-2-4-6-13/h2-11H,1H3,(H2,20,21,22). The number of aromatic nitrogens is 2. The van der Waals surface area contributed by atoms with Gasteiger partial charge in [-0.3, -0.25) is 0 Å². The molecular formula is C19H15N3O2. The predicted molar refractivity (Wildman–Crippen MR) is 93.6 cm³/mol. The number of methoxy groups -OCH3 is 1. The van der Waals surface area contributed by atoms with Gasteiger partial charge in [-0.2, -0.15) is 0 Å². The number of nitrogen functional groups attached to an aromatic ring is 1. The van der Waals surface area contributed by atoms with E-state index in [2.05, 4.69) is 9.97 Å². The second-order valence-corrected chi connectivity index (χ2v) is 5.34. The number of hydrogen-bond acceptors (Lipinski definition) is 5. The maximum absolute atomic E-state index is 6.11. The van der Waals surface area contributed by atoms with Crippen LogP contribution in [0.3, 0.4) is 0 Å². The molecule has 2 N–H and O–H groups in total. The van der Waals surface area contributed by atoms with E-state index in [0.717, 1.165) is 33.6 Å². The molecule has 0 radical (unpaired) electrons. The average molecular weight is 317 g/mol. The van der Waals surface area contributed by atoms with Gasteiger partial charge in [0, 0.05) is 11.1 Å². The molecule has 2 aromatic carbocycles. The summed E-state index contributed by atoms with van der Waals surface area (Å²) in [6, 6.07) is 17.6. The van der Waals surface area contributed by atoms with E-state index in [1.807, 2.05) is 54.6 Å². The summed E-state index contributed by atoms with van der Waals surface area (Å²) in [5.41, 5.74) is 9.40. The van der Waals surface area contributed by atoms with Crippen molar-refractivity contribution in [1.29, 1.82) is 0 Å². The molecular weight excluding hydrogens is 302 g/mol. The van der Waals surface area contributed by atoms with Gasteiger partial charge in [0.2, 0.25) is 5.71 Å². The molecule has 5 heteroatoms. The van der Waals surface area contributed by atoms with Crippen LogP contribution in [0.25, 0.3) is 33.6 Å². The fraction of sp³-hybridized carbons (Fsp3) is 0.0526. The Morgan fingerprint density at radius 3 is 2.38 bits per heavy atom. The number of rotatable bonds is 3. The largest absolute Gasteiger partial charge is 0.497 e. The molecule has 0 bridgehead atoms. The maximum atomic E-state index is 6.11. The van der Waals surface area contributed by atoms with Crippen molar-refractivity contribution < 1.29 is 9.15 Å². The lowest BCUT2D eigenvalue weighted by molar-refractivity contribution is 0.415. The summed E-state index contributed by atoms with van der Waals surface area (Å²) < 4.78 is 11.3. The van der Waals surface area contributed by atoms with Gasteiger partial charge in [-0.05, 0) is 17.7 Å². The van der Waals surface area contributed by atoms with Crippen LogP contribution in [0.1, 0.15) is 0 Å². The number of fused-ring (bicyclic) bond motifs is 1. The summed E-state index contributed by atoms with van der Waals surface area (Å²) in [7, 11) is 1.64. The van der Waals surface area contributed by atoms with Crippen LogP contribution in [0, 0.1) is 0 Å². The van der Waals surface area contributed by atoms with Crippen molar-refractivity contribution in [2.75, 3.05) is 12.8 Å². The van der Waals surface area contributed by atoms with Crippen LogP contribution in [0.5, 0.6) is 5.75 Å². The molecule has 0 aliphatic carbocycles. The molecule has 2 heterocycles. The summed E-state index contributed by atoms with van der Waals surface area (Å²) in [4.78, 5) is 8.34. The van der Waals surface area contributed by atoms with Crippen LogP contribution >= 0.6 is 0 Å². The van der Waals surface area contributed by atoms with E-state index in [0.29, 0.717) is 11.5 Å². The second-order valence-electron chi connectivity index (χ2n) is 5.34. The van der Waals surface area contributed by atoms with Crippen molar-refractivity contribution in [2.45, 2.75) is 0 Å². The van der Waals surface area contributed by atoms with E-state index in [-0.39, 0.29) is 0 Å². The summed E-state index contributed by atoms with van der Waals surface area (Å²) >= 11 is 0. The summed E-state index contributed by atoms with van der Waals surface area (Å²) in [6.07, 6.45) is 1.41. The number of furan rings is 1. The van der Waals surface area contributed by atoms with Gasteiger partial charge in [0.15, 0.2) is 0 Å². The van der Waals surface area contributed by atoms with Crippen LogP contribution < -0.4 is 10.5 Å². The van der Waals surface area contributed by atoms with E-state index >= 15 is 0 Å². The first-order valence-electron chi connectivity index (χ1n) is 7.50. The van der Waals surface area contributed by atoms with Crippen molar-refractivity contribution in [3.05, 3.63) is 60.9 Å². The minimum Gasteiger partial charge on any atom is -0.497 e. The Kier molecular flexibility index (Phi) is 3.39. The van der Waals surface area contributed by atoms with Gasteiger partial charge in [0.05, 0.1) is 12.5 Å². The Hall–Kier alpha value is -3.34.